The Hall–Kier alpha value is -1.81. The molecule has 0 fully saturated rings. The van der Waals surface area contributed by atoms with Gasteiger partial charge in [-0.15, -0.1) is 0 Å². The Morgan fingerprint density at radius 3 is 1.48 bits per heavy atom. The summed E-state index contributed by atoms with van der Waals surface area (Å²) in [5.74, 6) is 0.434. The Morgan fingerprint density at radius 1 is 0.762 bits per heavy atom. The highest BCUT2D eigenvalue weighted by atomic mass is 19.4. The lowest BCUT2D eigenvalue weighted by Crippen LogP contribution is -2.19. The summed E-state index contributed by atoms with van der Waals surface area (Å²) in [5, 5.41) is 9.19. The van der Waals surface area contributed by atoms with E-state index in [0.717, 1.165) is 11.1 Å². The molecule has 0 saturated carbocycles. The summed E-state index contributed by atoms with van der Waals surface area (Å²) >= 11 is 0. The van der Waals surface area contributed by atoms with Crippen LogP contribution in [-0.2, 0) is 0 Å². The van der Waals surface area contributed by atoms with Gasteiger partial charge < -0.3 is 5.11 Å². The van der Waals surface area contributed by atoms with Crippen molar-refractivity contribution in [3.05, 3.63) is 59.7 Å². The van der Waals surface area contributed by atoms with Gasteiger partial charge >= 0.3 is 6.18 Å². The second-order valence-electron chi connectivity index (χ2n) is 5.34. The minimum Gasteiger partial charge on any atom is -0.379 e. The van der Waals surface area contributed by atoms with E-state index in [-0.39, 0.29) is 5.56 Å². The van der Waals surface area contributed by atoms with Gasteiger partial charge in [-0.2, -0.15) is 13.2 Å². The maximum Gasteiger partial charge on any atom is 0.418 e. The normalized spacial score (nSPS) is 13.5. The van der Waals surface area contributed by atoms with Gasteiger partial charge in [-0.3, -0.25) is 0 Å². The molecule has 4 heteroatoms. The molecule has 1 atom stereocenters. The average Bonchev–Trinajstić information content (AvgIpc) is 2.46. The van der Waals surface area contributed by atoms with Crippen LogP contribution in [-0.4, -0.2) is 11.3 Å². The predicted molar refractivity (Wildman–Crippen MR) is 77.0 cm³/mol. The summed E-state index contributed by atoms with van der Waals surface area (Å²) < 4.78 is 37.3. The van der Waals surface area contributed by atoms with Crippen molar-refractivity contribution in [3.8, 4) is 11.1 Å². The van der Waals surface area contributed by atoms with Crippen molar-refractivity contribution in [2.45, 2.75) is 32.0 Å². The molecule has 0 saturated heterocycles. The van der Waals surface area contributed by atoms with E-state index in [1.807, 2.05) is 24.3 Å². The van der Waals surface area contributed by atoms with Gasteiger partial charge in [-0.25, -0.2) is 0 Å². The van der Waals surface area contributed by atoms with Crippen LogP contribution in [0.15, 0.2) is 48.5 Å². The van der Waals surface area contributed by atoms with Crippen molar-refractivity contribution in [2.24, 2.45) is 0 Å². The topological polar surface area (TPSA) is 20.2 Å². The number of hydrogen-bond donors (Lipinski definition) is 1. The predicted octanol–water partition coefficient (Wildman–Crippen LogP) is 5.07. The van der Waals surface area contributed by atoms with Crippen LogP contribution in [0.3, 0.4) is 0 Å². The van der Waals surface area contributed by atoms with Gasteiger partial charge in [-0.1, -0.05) is 62.4 Å². The highest BCUT2D eigenvalue weighted by Crippen LogP contribution is 2.33. The number of aliphatic hydroxyl groups excluding tert-OH is 1. The van der Waals surface area contributed by atoms with E-state index in [9.17, 15) is 18.3 Å². The third-order valence-electron chi connectivity index (χ3n) is 3.45. The Balaban J connectivity index is 2.23. The van der Waals surface area contributed by atoms with Crippen molar-refractivity contribution in [2.75, 3.05) is 0 Å². The fraction of sp³-hybridized carbons (Fsp3) is 0.294. The average molecular weight is 294 g/mol. The molecule has 0 amide bonds. The summed E-state index contributed by atoms with van der Waals surface area (Å²) in [5.41, 5.74) is 2.82. The molecule has 0 spiro atoms. The number of halogens is 3. The Kier molecular flexibility index (Phi) is 4.37. The minimum absolute atomic E-state index is 0.148. The first kappa shape index (κ1) is 15.6. The second-order valence-corrected chi connectivity index (χ2v) is 5.34. The van der Waals surface area contributed by atoms with Crippen LogP contribution in [0, 0.1) is 0 Å². The standard InChI is InChI=1S/C17H17F3O/c1-11(2)12-3-5-13(6-4-12)14-7-9-15(10-8-14)16(21)17(18,19)20/h3-11,16,21H,1-2H3/t16-/m1/s1. The fourth-order valence-corrected chi connectivity index (χ4v) is 2.11. The molecule has 0 bridgehead atoms. The van der Waals surface area contributed by atoms with Crippen LogP contribution < -0.4 is 0 Å². The zero-order valence-corrected chi connectivity index (χ0v) is 11.9. The van der Waals surface area contributed by atoms with Crippen molar-refractivity contribution < 1.29 is 18.3 Å². The van der Waals surface area contributed by atoms with Gasteiger partial charge in [0.15, 0.2) is 6.10 Å². The van der Waals surface area contributed by atoms with E-state index in [1.54, 1.807) is 12.1 Å². The zero-order chi connectivity index (χ0) is 15.6. The van der Waals surface area contributed by atoms with Crippen LogP contribution in [0.5, 0.6) is 0 Å². The SMILES string of the molecule is CC(C)c1ccc(-c2ccc([C@@H](O)C(F)(F)F)cc2)cc1. The van der Waals surface area contributed by atoms with Crippen LogP contribution in [0.4, 0.5) is 13.2 Å². The maximum atomic E-state index is 12.4. The molecule has 2 aromatic rings. The Bertz CT molecular complexity index is 583. The van der Waals surface area contributed by atoms with E-state index < -0.39 is 12.3 Å². The Labute approximate surface area is 122 Å². The second kappa shape index (κ2) is 5.90. The fourth-order valence-electron chi connectivity index (χ4n) is 2.11. The number of aliphatic hydroxyl groups is 1. The molecule has 2 rings (SSSR count). The molecule has 2 aromatic carbocycles. The summed E-state index contributed by atoms with van der Waals surface area (Å²) in [7, 11) is 0. The minimum atomic E-state index is -4.64. The van der Waals surface area contributed by atoms with E-state index >= 15 is 0 Å². The van der Waals surface area contributed by atoms with Crippen LogP contribution in [0.25, 0.3) is 11.1 Å². The molecule has 1 nitrogen and oxygen atoms in total. The number of hydrogen-bond acceptors (Lipinski definition) is 1. The zero-order valence-electron chi connectivity index (χ0n) is 11.9. The van der Waals surface area contributed by atoms with E-state index in [4.69, 9.17) is 0 Å². The lowest BCUT2D eigenvalue weighted by atomic mass is 9.97. The largest absolute Gasteiger partial charge is 0.418 e. The summed E-state index contributed by atoms with van der Waals surface area (Å²) in [6.45, 7) is 4.20. The molecular weight excluding hydrogens is 277 g/mol. The van der Waals surface area contributed by atoms with E-state index in [2.05, 4.69) is 13.8 Å². The van der Waals surface area contributed by atoms with Gasteiger partial charge in [0.1, 0.15) is 0 Å². The summed E-state index contributed by atoms with van der Waals surface area (Å²) in [4.78, 5) is 0. The lowest BCUT2D eigenvalue weighted by molar-refractivity contribution is -0.206. The molecule has 112 valence electrons. The first-order valence-corrected chi connectivity index (χ1v) is 6.74. The molecule has 1 N–H and O–H groups in total. The third-order valence-corrected chi connectivity index (χ3v) is 3.45. The van der Waals surface area contributed by atoms with Crippen LogP contribution in [0.1, 0.15) is 37.0 Å². The molecule has 0 unspecified atom stereocenters. The monoisotopic (exact) mass is 294 g/mol. The highest BCUT2D eigenvalue weighted by Gasteiger charge is 2.39. The van der Waals surface area contributed by atoms with Gasteiger partial charge in [-0.05, 0) is 28.2 Å². The third kappa shape index (κ3) is 3.64. The number of alkyl halides is 3. The number of rotatable bonds is 3. The molecule has 0 aliphatic rings. The molecule has 0 heterocycles. The van der Waals surface area contributed by atoms with Crippen LogP contribution in [0.2, 0.25) is 0 Å². The number of benzene rings is 2. The van der Waals surface area contributed by atoms with Crippen molar-refractivity contribution in [1.29, 1.82) is 0 Å². The van der Waals surface area contributed by atoms with Gasteiger partial charge in [0, 0.05) is 0 Å². The molecule has 0 aromatic heterocycles. The van der Waals surface area contributed by atoms with Gasteiger partial charge in [0.25, 0.3) is 0 Å². The highest BCUT2D eigenvalue weighted by molar-refractivity contribution is 5.64. The molecular formula is C17H17F3O. The molecule has 21 heavy (non-hydrogen) atoms. The Morgan fingerprint density at radius 2 is 1.14 bits per heavy atom. The summed E-state index contributed by atoms with van der Waals surface area (Å²) in [6, 6.07) is 13.7. The van der Waals surface area contributed by atoms with E-state index in [1.165, 1.54) is 17.7 Å². The first-order chi connectivity index (χ1) is 9.79. The first-order valence-electron chi connectivity index (χ1n) is 6.74. The summed E-state index contributed by atoms with van der Waals surface area (Å²) in [6.07, 6.45) is -7.07. The molecule has 0 aliphatic carbocycles. The van der Waals surface area contributed by atoms with Crippen molar-refractivity contribution >= 4 is 0 Å². The smallest absolute Gasteiger partial charge is 0.379 e. The van der Waals surface area contributed by atoms with Gasteiger partial charge in [0.05, 0.1) is 0 Å². The van der Waals surface area contributed by atoms with E-state index in [0.29, 0.717) is 5.92 Å². The van der Waals surface area contributed by atoms with Crippen molar-refractivity contribution in [3.63, 3.8) is 0 Å². The van der Waals surface area contributed by atoms with Crippen LogP contribution >= 0.6 is 0 Å². The lowest BCUT2D eigenvalue weighted by Gasteiger charge is -2.15. The molecule has 0 radical (unpaired) electrons. The van der Waals surface area contributed by atoms with Gasteiger partial charge in [0.2, 0.25) is 0 Å². The quantitative estimate of drug-likeness (QED) is 0.837. The maximum absolute atomic E-state index is 12.4. The van der Waals surface area contributed by atoms with Crippen molar-refractivity contribution in [1.82, 2.24) is 0 Å². The molecule has 0 aliphatic heterocycles.